The van der Waals surface area contributed by atoms with Crippen LogP contribution in [0.1, 0.15) is 12.8 Å². The van der Waals surface area contributed by atoms with Crippen LogP contribution in [-0.4, -0.2) is 19.5 Å². The molecule has 0 saturated heterocycles. The summed E-state index contributed by atoms with van der Waals surface area (Å²) in [4.78, 5) is 9.90. The van der Waals surface area contributed by atoms with Crippen LogP contribution in [0, 0.1) is 5.92 Å². The number of rotatable bonds is 2. The molecule has 1 N–H and O–H groups in total. The van der Waals surface area contributed by atoms with Crippen molar-refractivity contribution in [1.29, 1.82) is 0 Å². The van der Waals surface area contributed by atoms with Crippen molar-refractivity contribution in [2.45, 2.75) is 17.7 Å². The van der Waals surface area contributed by atoms with Gasteiger partial charge in [-0.3, -0.25) is 4.79 Å². The molecule has 0 radical (unpaired) electrons. The summed E-state index contributed by atoms with van der Waals surface area (Å²) in [7, 11) is 1.50. The van der Waals surface area contributed by atoms with Gasteiger partial charge in [-0.1, -0.05) is 18.2 Å². The first-order valence-corrected chi connectivity index (χ1v) is 6.94. The van der Waals surface area contributed by atoms with E-state index in [0.717, 1.165) is 12.8 Å². The quantitative estimate of drug-likeness (QED) is 0.829. The van der Waals surface area contributed by atoms with Gasteiger partial charge in [0.25, 0.3) is 9.05 Å². The maximum Gasteiger partial charge on any atom is 0.306 e. The van der Waals surface area contributed by atoms with Gasteiger partial charge in [0.05, 0.1) is 10.8 Å². The first-order valence-electron chi connectivity index (χ1n) is 4.64. The summed E-state index contributed by atoms with van der Waals surface area (Å²) >= 11 is 0. The van der Waals surface area contributed by atoms with Crippen molar-refractivity contribution in [2.24, 2.45) is 5.92 Å². The normalized spacial score (nSPS) is 14.8. The second-order valence-corrected chi connectivity index (χ2v) is 5.93. The molecular weight excluding hydrogens is 252 g/mol. The molecule has 0 bridgehead atoms. The fourth-order valence-electron chi connectivity index (χ4n) is 0.913. The van der Waals surface area contributed by atoms with E-state index in [0.29, 0.717) is 0 Å². The van der Waals surface area contributed by atoms with Crippen molar-refractivity contribution >= 4 is 25.7 Å². The highest BCUT2D eigenvalue weighted by atomic mass is 35.7. The number of carbonyl (C=O) groups is 1. The molecule has 6 heteroatoms. The van der Waals surface area contributed by atoms with Gasteiger partial charge in [0, 0.05) is 10.7 Å². The van der Waals surface area contributed by atoms with Gasteiger partial charge in [-0.15, -0.1) is 0 Å². The lowest BCUT2D eigenvalue weighted by Gasteiger charge is -1.91. The van der Waals surface area contributed by atoms with Crippen molar-refractivity contribution in [2.75, 3.05) is 0 Å². The average molecular weight is 263 g/mol. The van der Waals surface area contributed by atoms with E-state index in [1.165, 1.54) is 12.1 Å². The highest BCUT2D eigenvalue weighted by Gasteiger charge is 2.28. The first kappa shape index (κ1) is 13.0. The van der Waals surface area contributed by atoms with Gasteiger partial charge in [0.15, 0.2) is 0 Å². The van der Waals surface area contributed by atoms with Crippen LogP contribution >= 0.6 is 10.7 Å². The van der Waals surface area contributed by atoms with Crippen LogP contribution in [0.4, 0.5) is 0 Å². The SMILES string of the molecule is O=C(O)C1CC1.O=S(=O)(Cl)c1ccccc1. The lowest BCUT2D eigenvalue weighted by Crippen LogP contribution is -1.94. The van der Waals surface area contributed by atoms with Crippen LogP contribution in [0.3, 0.4) is 0 Å². The molecule has 1 aromatic carbocycles. The van der Waals surface area contributed by atoms with Gasteiger partial charge in [-0.25, -0.2) is 8.42 Å². The summed E-state index contributed by atoms with van der Waals surface area (Å²) in [5, 5.41) is 8.05. The Balaban J connectivity index is 0.000000181. The van der Waals surface area contributed by atoms with Crippen LogP contribution in [0.2, 0.25) is 0 Å². The molecule has 0 spiro atoms. The van der Waals surface area contributed by atoms with Crippen molar-refractivity contribution < 1.29 is 18.3 Å². The van der Waals surface area contributed by atoms with Gasteiger partial charge in [-0.2, -0.15) is 0 Å². The first-order chi connectivity index (χ1) is 7.41. The fraction of sp³-hybridized carbons (Fsp3) is 0.300. The van der Waals surface area contributed by atoms with Crippen molar-refractivity contribution in [3.05, 3.63) is 30.3 Å². The molecule has 1 fully saturated rings. The maximum atomic E-state index is 10.6. The molecule has 4 nitrogen and oxygen atoms in total. The van der Waals surface area contributed by atoms with E-state index in [1.54, 1.807) is 18.2 Å². The van der Waals surface area contributed by atoms with E-state index in [4.69, 9.17) is 15.8 Å². The predicted molar refractivity (Wildman–Crippen MR) is 59.8 cm³/mol. The topological polar surface area (TPSA) is 71.4 Å². The summed E-state index contributed by atoms with van der Waals surface area (Å²) in [6, 6.07) is 7.86. The van der Waals surface area contributed by atoms with E-state index in [2.05, 4.69) is 0 Å². The minimum absolute atomic E-state index is 0.0185. The molecule has 16 heavy (non-hydrogen) atoms. The molecule has 1 saturated carbocycles. The zero-order valence-electron chi connectivity index (χ0n) is 8.34. The Labute approximate surface area is 98.3 Å². The molecule has 1 aromatic rings. The Morgan fingerprint density at radius 3 is 1.94 bits per heavy atom. The lowest BCUT2D eigenvalue weighted by atomic mass is 10.4. The summed E-state index contributed by atoms with van der Waals surface area (Å²) in [5.41, 5.74) is 0. The summed E-state index contributed by atoms with van der Waals surface area (Å²) < 4.78 is 21.2. The van der Waals surface area contributed by atoms with E-state index < -0.39 is 15.0 Å². The average Bonchev–Trinajstić information content (AvgIpc) is 3.02. The third-order valence-corrected chi connectivity index (χ3v) is 3.32. The van der Waals surface area contributed by atoms with Crippen LogP contribution < -0.4 is 0 Å². The third-order valence-electron chi connectivity index (χ3n) is 1.95. The second-order valence-electron chi connectivity index (χ2n) is 3.36. The number of hydrogen-bond donors (Lipinski definition) is 1. The Morgan fingerprint density at radius 1 is 1.25 bits per heavy atom. The molecule has 2 rings (SSSR count). The standard InChI is InChI=1S/C6H5ClO2S.C4H6O2/c7-10(8,9)6-4-2-1-3-5-6;5-4(6)3-1-2-3/h1-5H;3H,1-2H2,(H,5,6). The maximum absolute atomic E-state index is 10.6. The minimum atomic E-state index is -3.53. The van der Waals surface area contributed by atoms with Crippen molar-refractivity contribution in [3.8, 4) is 0 Å². The van der Waals surface area contributed by atoms with Crippen LogP contribution in [0.5, 0.6) is 0 Å². The predicted octanol–water partition coefficient (Wildman–Crippen LogP) is 2.10. The van der Waals surface area contributed by atoms with Gasteiger partial charge in [-0.05, 0) is 25.0 Å². The molecule has 0 heterocycles. The molecule has 1 aliphatic rings. The van der Waals surface area contributed by atoms with Crippen molar-refractivity contribution in [3.63, 3.8) is 0 Å². The number of aliphatic carboxylic acids is 1. The lowest BCUT2D eigenvalue weighted by molar-refractivity contribution is -0.138. The van der Waals surface area contributed by atoms with Gasteiger partial charge < -0.3 is 5.11 Å². The van der Waals surface area contributed by atoms with Crippen LogP contribution in [0.25, 0.3) is 0 Å². The molecule has 88 valence electrons. The molecule has 0 amide bonds. The Bertz CT molecular complexity index is 451. The van der Waals surface area contributed by atoms with Crippen LogP contribution in [0.15, 0.2) is 35.2 Å². The number of benzene rings is 1. The summed E-state index contributed by atoms with van der Waals surface area (Å²) in [5.74, 6) is -0.611. The second kappa shape index (κ2) is 5.32. The highest BCUT2D eigenvalue weighted by Crippen LogP contribution is 2.28. The number of carboxylic acid groups (broad SMARTS) is 1. The zero-order chi connectivity index (χ0) is 12.2. The Kier molecular flexibility index (Phi) is 4.32. The monoisotopic (exact) mass is 262 g/mol. The highest BCUT2D eigenvalue weighted by molar-refractivity contribution is 8.13. The fourth-order valence-corrected chi connectivity index (χ4v) is 1.70. The van der Waals surface area contributed by atoms with Gasteiger partial charge in [0.1, 0.15) is 0 Å². The number of halogens is 1. The molecular formula is C10H11ClO4S. The summed E-state index contributed by atoms with van der Waals surface area (Å²) in [6.07, 6.45) is 1.80. The van der Waals surface area contributed by atoms with Gasteiger partial charge >= 0.3 is 5.97 Å². The Hall–Kier alpha value is -1.07. The van der Waals surface area contributed by atoms with E-state index >= 15 is 0 Å². The summed E-state index contributed by atoms with van der Waals surface area (Å²) in [6.45, 7) is 0. The number of carboxylic acids is 1. The molecule has 0 atom stereocenters. The molecule has 0 aromatic heterocycles. The van der Waals surface area contributed by atoms with E-state index in [1.807, 2.05) is 0 Å². The van der Waals surface area contributed by atoms with Gasteiger partial charge in [0.2, 0.25) is 0 Å². The van der Waals surface area contributed by atoms with E-state index in [-0.39, 0.29) is 10.8 Å². The smallest absolute Gasteiger partial charge is 0.306 e. The van der Waals surface area contributed by atoms with E-state index in [9.17, 15) is 13.2 Å². The molecule has 0 aliphatic heterocycles. The minimum Gasteiger partial charge on any atom is -0.481 e. The largest absolute Gasteiger partial charge is 0.481 e. The number of hydrogen-bond acceptors (Lipinski definition) is 3. The zero-order valence-corrected chi connectivity index (χ0v) is 9.91. The van der Waals surface area contributed by atoms with Crippen molar-refractivity contribution in [1.82, 2.24) is 0 Å². The van der Waals surface area contributed by atoms with Crippen LogP contribution in [-0.2, 0) is 13.8 Å². The Morgan fingerprint density at radius 2 is 1.75 bits per heavy atom. The molecule has 0 unspecified atom stereocenters. The third kappa shape index (κ3) is 4.63. The molecule has 1 aliphatic carbocycles.